The molecule has 7 heteroatoms. The maximum Gasteiger partial charge on any atom is 0.331 e. The van der Waals surface area contributed by atoms with E-state index in [1.807, 2.05) is 0 Å². The van der Waals surface area contributed by atoms with Crippen LogP contribution >= 0.6 is 0 Å². The Kier molecular flexibility index (Phi) is 3.42. The van der Waals surface area contributed by atoms with Crippen LogP contribution in [0.3, 0.4) is 0 Å². The van der Waals surface area contributed by atoms with Crippen LogP contribution in [0.1, 0.15) is 17.9 Å². The van der Waals surface area contributed by atoms with Crippen molar-refractivity contribution in [1.82, 2.24) is 10.2 Å². The molecular formula is C14H13FN2O4. The molecule has 0 aliphatic carbocycles. The molecule has 1 aromatic carbocycles. The van der Waals surface area contributed by atoms with Crippen molar-refractivity contribution in [1.29, 1.82) is 0 Å². The topological polar surface area (TPSA) is 75.7 Å². The molecule has 2 aliphatic rings. The lowest BCUT2D eigenvalue weighted by Gasteiger charge is -2.33. The number of nitrogens with zero attached hydrogens (tertiary/aromatic N) is 1. The van der Waals surface area contributed by atoms with Crippen LogP contribution in [-0.2, 0) is 14.3 Å². The van der Waals surface area contributed by atoms with E-state index in [4.69, 9.17) is 4.74 Å². The Morgan fingerprint density at radius 1 is 1.19 bits per heavy atom. The highest BCUT2D eigenvalue weighted by Gasteiger charge is 2.45. The van der Waals surface area contributed by atoms with E-state index in [-0.39, 0.29) is 12.6 Å². The smallest absolute Gasteiger partial charge is 0.331 e. The molecule has 0 saturated carbocycles. The summed E-state index contributed by atoms with van der Waals surface area (Å²) in [6, 6.07) is 4.00. The third-order valence-electron chi connectivity index (χ3n) is 3.67. The van der Waals surface area contributed by atoms with Crippen molar-refractivity contribution in [2.24, 2.45) is 0 Å². The van der Waals surface area contributed by atoms with Crippen LogP contribution in [0.15, 0.2) is 24.3 Å². The number of rotatable bonds is 2. The Balaban J connectivity index is 1.92. The second-order valence-electron chi connectivity index (χ2n) is 5.00. The van der Waals surface area contributed by atoms with Gasteiger partial charge in [0, 0.05) is 6.61 Å². The second-order valence-corrected chi connectivity index (χ2v) is 5.00. The van der Waals surface area contributed by atoms with Gasteiger partial charge in [-0.3, -0.25) is 19.8 Å². The standard InChI is InChI=1S/C14H13FN2O4/c15-9-3-1-8(2-4-9)11-12(18)16-14(20)17(13(11)19)10-5-6-21-7-10/h1-4,10-11H,5-7H2,(H,16,18,20). The number of hydrogen-bond donors (Lipinski definition) is 1. The largest absolute Gasteiger partial charge is 0.379 e. The van der Waals surface area contributed by atoms with Crippen molar-refractivity contribution in [2.75, 3.05) is 13.2 Å². The van der Waals surface area contributed by atoms with Crippen LogP contribution in [0.25, 0.3) is 0 Å². The average molecular weight is 292 g/mol. The van der Waals surface area contributed by atoms with E-state index in [0.717, 1.165) is 4.90 Å². The fraction of sp³-hybridized carbons (Fsp3) is 0.357. The SMILES string of the molecule is O=C1NC(=O)N(C2CCOC2)C(=O)C1c1ccc(F)cc1. The van der Waals surface area contributed by atoms with E-state index in [9.17, 15) is 18.8 Å². The Hall–Kier alpha value is -2.28. The summed E-state index contributed by atoms with van der Waals surface area (Å²) in [5.74, 6) is -2.87. The maximum atomic E-state index is 13.0. The monoisotopic (exact) mass is 292 g/mol. The number of imide groups is 2. The molecule has 110 valence electrons. The first-order valence-corrected chi connectivity index (χ1v) is 6.59. The number of ether oxygens (including phenoxy) is 1. The second kappa shape index (κ2) is 5.25. The molecule has 4 amide bonds. The summed E-state index contributed by atoms with van der Waals surface area (Å²) in [6.07, 6.45) is 0.545. The molecule has 0 bridgehead atoms. The van der Waals surface area contributed by atoms with Gasteiger partial charge in [0.2, 0.25) is 11.8 Å². The van der Waals surface area contributed by atoms with Crippen molar-refractivity contribution in [2.45, 2.75) is 18.4 Å². The molecule has 0 aromatic heterocycles. The number of amides is 4. The van der Waals surface area contributed by atoms with Crippen LogP contribution < -0.4 is 5.32 Å². The molecule has 1 aromatic rings. The van der Waals surface area contributed by atoms with Crippen molar-refractivity contribution in [3.05, 3.63) is 35.6 Å². The number of barbiturate groups is 1. The Morgan fingerprint density at radius 2 is 1.90 bits per heavy atom. The van der Waals surface area contributed by atoms with Gasteiger partial charge in [0.05, 0.1) is 12.6 Å². The summed E-state index contributed by atoms with van der Waals surface area (Å²) in [4.78, 5) is 37.4. The van der Waals surface area contributed by atoms with Crippen LogP contribution in [-0.4, -0.2) is 42.0 Å². The normalized spacial score (nSPS) is 26.1. The third-order valence-corrected chi connectivity index (χ3v) is 3.67. The first-order chi connectivity index (χ1) is 10.1. The van der Waals surface area contributed by atoms with Crippen LogP contribution in [0.4, 0.5) is 9.18 Å². The quantitative estimate of drug-likeness (QED) is 0.817. The highest BCUT2D eigenvalue weighted by atomic mass is 19.1. The molecule has 2 unspecified atom stereocenters. The number of urea groups is 1. The fourth-order valence-corrected chi connectivity index (χ4v) is 2.61. The van der Waals surface area contributed by atoms with Gasteiger partial charge in [-0.1, -0.05) is 12.1 Å². The summed E-state index contributed by atoms with van der Waals surface area (Å²) >= 11 is 0. The predicted molar refractivity (Wildman–Crippen MR) is 68.7 cm³/mol. The van der Waals surface area contributed by atoms with Gasteiger partial charge < -0.3 is 4.74 Å². The first-order valence-electron chi connectivity index (χ1n) is 6.59. The molecule has 2 aliphatic heterocycles. The Bertz CT molecular complexity index is 595. The zero-order valence-electron chi connectivity index (χ0n) is 11.0. The average Bonchev–Trinajstić information content (AvgIpc) is 2.94. The van der Waals surface area contributed by atoms with E-state index in [1.54, 1.807) is 0 Å². The molecule has 2 fully saturated rings. The van der Waals surface area contributed by atoms with E-state index < -0.39 is 29.6 Å². The zero-order valence-corrected chi connectivity index (χ0v) is 11.0. The molecular weight excluding hydrogens is 279 g/mol. The minimum absolute atomic E-state index is 0.267. The van der Waals surface area contributed by atoms with Gasteiger partial charge in [0.1, 0.15) is 11.7 Å². The highest BCUT2D eigenvalue weighted by molar-refractivity contribution is 6.19. The van der Waals surface area contributed by atoms with Gasteiger partial charge in [-0.05, 0) is 24.1 Å². The maximum absolute atomic E-state index is 13.0. The summed E-state index contributed by atoms with van der Waals surface area (Å²) in [6.45, 7) is 0.736. The van der Waals surface area contributed by atoms with Crippen LogP contribution in [0.5, 0.6) is 0 Å². The van der Waals surface area contributed by atoms with Crippen molar-refractivity contribution in [3.63, 3.8) is 0 Å². The van der Waals surface area contributed by atoms with E-state index in [0.29, 0.717) is 18.6 Å². The zero-order chi connectivity index (χ0) is 15.0. The van der Waals surface area contributed by atoms with Gasteiger partial charge in [0.15, 0.2) is 0 Å². The van der Waals surface area contributed by atoms with Gasteiger partial charge in [-0.2, -0.15) is 0 Å². The predicted octanol–water partition coefficient (Wildman–Crippen LogP) is 0.777. The molecule has 6 nitrogen and oxygen atoms in total. The minimum Gasteiger partial charge on any atom is -0.379 e. The molecule has 1 N–H and O–H groups in total. The van der Waals surface area contributed by atoms with Crippen molar-refractivity contribution >= 4 is 17.8 Å². The fourth-order valence-electron chi connectivity index (χ4n) is 2.61. The number of benzene rings is 1. The first kappa shape index (κ1) is 13.7. The van der Waals surface area contributed by atoms with E-state index in [1.165, 1.54) is 24.3 Å². The minimum atomic E-state index is -1.14. The lowest BCUT2D eigenvalue weighted by atomic mass is 9.94. The lowest BCUT2D eigenvalue weighted by Crippen LogP contribution is -2.60. The number of hydrogen-bond acceptors (Lipinski definition) is 4. The third kappa shape index (κ3) is 2.40. The van der Waals surface area contributed by atoms with Crippen molar-refractivity contribution in [3.8, 4) is 0 Å². The Morgan fingerprint density at radius 3 is 2.52 bits per heavy atom. The molecule has 0 radical (unpaired) electrons. The van der Waals surface area contributed by atoms with Gasteiger partial charge in [-0.25, -0.2) is 9.18 Å². The molecule has 21 heavy (non-hydrogen) atoms. The van der Waals surface area contributed by atoms with Crippen LogP contribution in [0.2, 0.25) is 0 Å². The number of nitrogens with one attached hydrogen (secondary N) is 1. The summed E-state index contributed by atoms with van der Waals surface area (Å²) in [5.41, 5.74) is 0.357. The van der Waals surface area contributed by atoms with Gasteiger partial charge >= 0.3 is 6.03 Å². The molecule has 2 atom stereocenters. The number of carbonyl (C=O) groups excluding carboxylic acids is 3. The summed E-state index contributed by atoms with van der Waals surface area (Å²) < 4.78 is 18.1. The van der Waals surface area contributed by atoms with Gasteiger partial charge in [0.25, 0.3) is 0 Å². The number of halogens is 1. The van der Waals surface area contributed by atoms with Crippen molar-refractivity contribution < 1.29 is 23.5 Å². The lowest BCUT2D eigenvalue weighted by molar-refractivity contribution is -0.140. The molecule has 2 saturated heterocycles. The summed E-state index contributed by atoms with van der Waals surface area (Å²) in [5, 5.41) is 2.18. The molecule has 0 spiro atoms. The molecule has 2 heterocycles. The Labute approximate surface area is 119 Å². The van der Waals surface area contributed by atoms with E-state index in [2.05, 4.69) is 5.32 Å². The number of carbonyl (C=O) groups is 3. The van der Waals surface area contributed by atoms with Crippen LogP contribution in [0, 0.1) is 5.82 Å². The van der Waals surface area contributed by atoms with Gasteiger partial charge in [-0.15, -0.1) is 0 Å². The van der Waals surface area contributed by atoms with E-state index >= 15 is 0 Å². The molecule has 3 rings (SSSR count). The summed E-state index contributed by atoms with van der Waals surface area (Å²) in [7, 11) is 0. The highest BCUT2D eigenvalue weighted by Crippen LogP contribution is 2.26.